The number of anilines is 1. The molecule has 1 aromatic heterocycles. The molecule has 5 heteroatoms. The number of rotatable bonds is 0. The van der Waals surface area contributed by atoms with E-state index in [1.165, 1.54) is 6.20 Å². The summed E-state index contributed by atoms with van der Waals surface area (Å²) in [4.78, 5) is 0.556. The Balaban J connectivity index is 0.000000490. The van der Waals surface area contributed by atoms with E-state index in [1.54, 1.807) is 0 Å². The zero-order chi connectivity index (χ0) is 5.28. The van der Waals surface area contributed by atoms with Crippen molar-refractivity contribution in [1.29, 1.82) is 0 Å². The van der Waals surface area contributed by atoms with Crippen molar-refractivity contribution in [2.45, 2.75) is 0 Å². The molecule has 0 unspecified atom stereocenters. The van der Waals surface area contributed by atoms with E-state index in [1.807, 2.05) is 0 Å². The number of nitrogen functional groups attached to an aromatic ring is 1. The van der Waals surface area contributed by atoms with Gasteiger partial charge in [0.05, 0.1) is 0 Å². The topological polar surface area (TPSA) is 64.1 Å². The molecule has 0 bridgehead atoms. The van der Waals surface area contributed by atoms with Gasteiger partial charge in [0.2, 0.25) is 0 Å². The van der Waals surface area contributed by atoms with E-state index >= 15 is 0 Å². The Kier molecular flexibility index (Phi) is 2.52. The van der Waals surface area contributed by atoms with Crippen LogP contribution in [0.2, 0.25) is 0 Å². The van der Waals surface area contributed by atoms with E-state index in [0.717, 1.165) is 0 Å². The van der Waals surface area contributed by atoms with Gasteiger partial charge in [0.15, 0.2) is 0 Å². The Morgan fingerprint density at radius 1 is 1.88 bits per heavy atom. The monoisotopic (exact) mass is 285 g/mol. The largest absolute Gasteiger partial charge is 0.413 e. The molecule has 0 atom stereocenters. The molecule has 1 aromatic rings. The Morgan fingerprint density at radius 3 is 2.62 bits per heavy atom. The maximum Gasteiger partial charge on any atom is 0 e. The van der Waals surface area contributed by atoms with E-state index in [0.29, 0.717) is 4.85 Å². The van der Waals surface area contributed by atoms with Crippen molar-refractivity contribution in [2.75, 3.05) is 5.73 Å². The van der Waals surface area contributed by atoms with Crippen molar-refractivity contribution < 1.29 is 25.6 Å². The molecule has 0 saturated carbocycles. The summed E-state index contributed by atoms with van der Waals surface area (Å²) in [5, 5.41) is 11.7. The summed E-state index contributed by atoms with van der Waals surface area (Å²) in [5.74, 6) is 0.125. The smallest absolute Gasteiger partial charge is 0 e. The first-order chi connectivity index (χ1) is 3.30. The van der Waals surface area contributed by atoms with Crippen molar-refractivity contribution >= 4 is 5.82 Å². The van der Waals surface area contributed by atoms with Crippen LogP contribution in [0, 0.1) is 6.07 Å². The molecular formula is C3H4N3ORe-. The molecule has 8 heavy (non-hydrogen) atoms. The standard InChI is InChI=1S/C3H4N3O.Re/c4-3-1-2-5-6(3)7;/h2,7H,4H2;/q-1;. The van der Waals surface area contributed by atoms with Gasteiger partial charge in [-0.1, -0.05) is 0 Å². The quantitative estimate of drug-likeness (QED) is 0.499. The Labute approximate surface area is 59.9 Å². The van der Waals surface area contributed by atoms with E-state index in [-0.39, 0.29) is 26.2 Å². The van der Waals surface area contributed by atoms with E-state index < -0.39 is 0 Å². The van der Waals surface area contributed by atoms with Crippen LogP contribution in [-0.2, 0) is 20.4 Å². The van der Waals surface area contributed by atoms with Crippen molar-refractivity contribution in [3.05, 3.63) is 12.3 Å². The van der Waals surface area contributed by atoms with Gasteiger partial charge >= 0.3 is 0 Å². The average Bonchev–Trinajstić information content (AvgIpc) is 1.91. The number of nitrogens with two attached hydrogens (primary N) is 1. The molecule has 0 aliphatic carbocycles. The van der Waals surface area contributed by atoms with Crippen LogP contribution in [0.25, 0.3) is 0 Å². The Morgan fingerprint density at radius 2 is 2.50 bits per heavy atom. The molecule has 3 N–H and O–H groups in total. The van der Waals surface area contributed by atoms with E-state index in [2.05, 4.69) is 11.2 Å². The molecule has 1 heterocycles. The van der Waals surface area contributed by atoms with Gasteiger partial charge in [-0.05, 0) is 5.82 Å². The molecule has 0 aliphatic rings. The van der Waals surface area contributed by atoms with Crippen LogP contribution in [-0.4, -0.2) is 15.2 Å². The summed E-state index contributed by atoms with van der Waals surface area (Å²) < 4.78 is 0. The minimum Gasteiger partial charge on any atom is -0.413 e. The van der Waals surface area contributed by atoms with Crippen molar-refractivity contribution in [3.63, 3.8) is 0 Å². The fourth-order valence-electron chi connectivity index (χ4n) is 0.270. The molecule has 1 radical (unpaired) electrons. The molecular weight excluding hydrogens is 280 g/mol. The maximum atomic E-state index is 8.41. The molecule has 0 spiro atoms. The van der Waals surface area contributed by atoms with Crippen LogP contribution >= 0.6 is 0 Å². The van der Waals surface area contributed by atoms with Crippen LogP contribution in [0.3, 0.4) is 0 Å². The Bertz CT molecular complexity index is 147. The van der Waals surface area contributed by atoms with Crippen LogP contribution < -0.4 is 5.73 Å². The minimum atomic E-state index is 0. The predicted octanol–water partition coefficient (Wildman–Crippen LogP) is -0.500. The van der Waals surface area contributed by atoms with Crippen LogP contribution in [0.5, 0.6) is 0 Å². The van der Waals surface area contributed by atoms with Gasteiger partial charge in [-0.3, -0.25) is 0 Å². The van der Waals surface area contributed by atoms with Gasteiger partial charge in [-0.25, -0.2) is 0 Å². The van der Waals surface area contributed by atoms with Gasteiger partial charge in [-0.15, -0.1) is 11.0 Å². The summed E-state index contributed by atoms with van der Waals surface area (Å²) in [7, 11) is 0. The van der Waals surface area contributed by atoms with E-state index in [9.17, 15) is 0 Å². The SMILES string of the molecule is Nc1[c-]cnn1O.[Re]. The predicted molar refractivity (Wildman–Crippen MR) is 22.7 cm³/mol. The van der Waals surface area contributed by atoms with Gasteiger partial charge < -0.3 is 17.0 Å². The second-order valence-electron chi connectivity index (χ2n) is 1.06. The second kappa shape index (κ2) is 2.70. The third-order valence-electron chi connectivity index (χ3n) is 0.595. The Hall–Kier alpha value is -0.528. The molecule has 4 nitrogen and oxygen atoms in total. The molecule has 0 amide bonds. The van der Waals surface area contributed by atoms with Gasteiger partial charge in [-0.2, -0.15) is 5.10 Å². The normalized spacial score (nSPS) is 8.00. The minimum absolute atomic E-state index is 0. The first-order valence-corrected chi connectivity index (χ1v) is 1.71. The fourth-order valence-corrected chi connectivity index (χ4v) is 0.270. The first-order valence-electron chi connectivity index (χ1n) is 1.71. The first kappa shape index (κ1) is 7.47. The van der Waals surface area contributed by atoms with Crippen LogP contribution in [0.4, 0.5) is 5.82 Å². The fraction of sp³-hybridized carbons (Fsp3) is 0. The maximum absolute atomic E-state index is 8.41. The zero-order valence-corrected chi connectivity index (χ0v) is 6.59. The third-order valence-corrected chi connectivity index (χ3v) is 0.595. The molecule has 0 saturated heterocycles. The van der Waals surface area contributed by atoms with Gasteiger partial charge in [0, 0.05) is 20.4 Å². The van der Waals surface area contributed by atoms with Crippen molar-refractivity contribution in [2.24, 2.45) is 0 Å². The number of hydrogen-bond acceptors (Lipinski definition) is 3. The number of aromatic nitrogens is 2. The van der Waals surface area contributed by atoms with Crippen molar-refractivity contribution in [1.82, 2.24) is 9.94 Å². The van der Waals surface area contributed by atoms with Gasteiger partial charge in [0.25, 0.3) is 0 Å². The summed E-state index contributed by atoms with van der Waals surface area (Å²) in [6.07, 6.45) is 1.29. The molecule has 0 aliphatic heterocycles. The molecule has 0 aromatic carbocycles. The number of hydrogen-bond donors (Lipinski definition) is 2. The average molecular weight is 284 g/mol. The summed E-state index contributed by atoms with van der Waals surface area (Å²) in [6.45, 7) is 0. The zero-order valence-electron chi connectivity index (χ0n) is 3.87. The summed E-state index contributed by atoms with van der Waals surface area (Å²) >= 11 is 0. The molecule has 45 valence electrons. The van der Waals surface area contributed by atoms with Crippen LogP contribution in [0.1, 0.15) is 0 Å². The van der Waals surface area contributed by atoms with E-state index in [4.69, 9.17) is 10.9 Å². The van der Waals surface area contributed by atoms with Gasteiger partial charge in [0.1, 0.15) is 0 Å². The van der Waals surface area contributed by atoms with Crippen LogP contribution in [0.15, 0.2) is 6.20 Å². The molecule has 1 rings (SSSR count). The third kappa shape index (κ3) is 1.22. The van der Waals surface area contributed by atoms with Crippen molar-refractivity contribution in [3.8, 4) is 0 Å². The summed E-state index contributed by atoms with van der Waals surface area (Å²) in [5.41, 5.74) is 5.03. The second-order valence-corrected chi connectivity index (χ2v) is 1.06. The molecule has 0 fully saturated rings. The summed E-state index contributed by atoms with van der Waals surface area (Å²) in [6, 6.07) is 2.45. The number of nitrogens with zero attached hydrogens (tertiary/aromatic N) is 2.